The molecule has 1 aromatic carbocycles. The Morgan fingerprint density at radius 2 is 1.95 bits per heavy atom. The smallest absolute Gasteiger partial charge is 0.285 e. The van der Waals surface area contributed by atoms with E-state index in [1.807, 2.05) is 18.2 Å². The van der Waals surface area contributed by atoms with Crippen molar-refractivity contribution in [3.05, 3.63) is 60.6 Å². The number of Topliss-reactive ketones (excluding diaryl/α,β-unsaturated/α-hetero) is 1. The van der Waals surface area contributed by atoms with Crippen LogP contribution >= 0.6 is 22.6 Å². The molecule has 2 aromatic rings. The largest absolute Gasteiger partial charge is 0.292 e. The molecular formula is C15H12IN3O2. The van der Waals surface area contributed by atoms with Gasteiger partial charge in [0.1, 0.15) is 18.2 Å². The summed E-state index contributed by atoms with van der Waals surface area (Å²) < 4.78 is 2.08. The lowest BCUT2D eigenvalue weighted by molar-refractivity contribution is 0.0965. The predicted molar refractivity (Wildman–Crippen MR) is 86.2 cm³/mol. The number of nitrogens with zero attached hydrogens (tertiary/aromatic N) is 3. The first-order valence-corrected chi connectivity index (χ1v) is 7.29. The molecule has 2 rings (SSSR count). The molecule has 0 radical (unpaired) electrons. The Labute approximate surface area is 135 Å². The molecule has 0 saturated carbocycles. The van der Waals surface area contributed by atoms with Crippen LogP contribution in [0.5, 0.6) is 0 Å². The van der Waals surface area contributed by atoms with E-state index < -0.39 is 5.56 Å². The summed E-state index contributed by atoms with van der Waals surface area (Å²) in [7, 11) is 0. The average molecular weight is 393 g/mol. The van der Waals surface area contributed by atoms with E-state index in [-0.39, 0.29) is 17.9 Å². The minimum absolute atomic E-state index is 0.0397. The van der Waals surface area contributed by atoms with Gasteiger partial charge in [0.15, 0.2) is 5.78 Å². The maximum atomic E-state index is 12.2. The van der Waals surface area contributed by atoms with Crippen molar-refractivity contribution in [1.29, 1.82) is 5.26 Å². The van der Waals surface area contributed by atoms with Crippen molar-refractivity contribution in [3.8, 4) is 6.07 Å². The first-order valence-electron chi connectivity index (χ1n) is 6.21. The van der Waals surface area contributed by atoms with E-state index in [2.05, 4.69) is 27.7 Å². The van der Waals surface area contributed by atoms with Crippen molar-refractivity contribution in [1.82, 2.24) is 9.78 Å². The summed E-state index contributed by atoms with van der Waals surface area (Å²) in [6, 6.07) is 8.95. The molecule has 106 valence electrons. The van der Waals surface area contributed by atoms with Gasteiger partial charge in [0.05, 0.1) is 5.69 Å². The molecule has 0 unspecified atom stereocenters. The zero-order valence-corrected chi connectivity index (χ0v) is 13.7. The Hall–Kier alpha value is -2.01. The van der Waals surface area contributed by atoms with Gasteiger partial charge >= 0.3 is 0 Å². The minimum Gasteiger partial charge on any atom is -0.292 e. The van der Waals surface area contributed by atoms with E-state index in [0.717, 1.165) is 8.25 Å². The zero-order chi connectivity index (χ0) is 15.6. The van der Waals surface area contributed by atoms with Gasteiger partial charge in [-0.2, -0.15) is 10.4 Å². The molecular weight excluding hydrogens is 381 g/mol. The second-order valence-corrected chi connectivity index (χ2v) is 5.84. The Morgan fingerprint density at radius 1 is 1.33 bits per heavy atom. The van der Waals surface area contributed by atoms with Gasteiger partial charge in [0, 0.05) is 9.13 Å². The Bertz CT molecular complexity index is 801. The highest BCUT2D eigenvalue weighted by Gasteiger charge is 2.14. The summed E-state index contributed by atoms with van der Waals surface area (Å²) in [5.41, 5.74) is 1.15. The third kappa shape index (κ3) is 3.19. The quantitative estimate of drug-likeness (QED) is 0.592. The lowest BCUT2D eigenvalue weighted by Crippen LogP contribution is -2.30. The van der Waals surface area contributed by atoms with Crippen LogP contribution in [-0.4, -0.2) is 15.6 Å². The van der Waals surface area contributed by atoms with Crippen LogP contribution in [-0.2, 0) is 6.54 Å². The zero-order valence-electron chi connectivity index (χ0n) is 11.6. The molecule has 0 N–H and O–H groups in total. The fourth-order valence-electron chi connectivity index (χ4n) is 1.87. The van der Waals surface area contributed by atoms with E-state index >= 15 is 0 Å². The van der Waals surface area contributed by atoms with Gasteiger partial charge in [-0.25, -0.2) is 4.68 Å². The SMILES string of the molecule is Cc1nn(CC(=O)c2ccc(I)cc2)c(=O)c(C#N)c1C. The monoisotopic (exact) mass is 393 g/mol. The number of halogens is 1. The van der Waals surface area contributed by atoms with Crippen LogP contribution in [0.4, 0.5) is 0 Å². The first kappa shape index (κ1) is 15.4. The molecule has 0 bridgehead atoms. The number of nitriles is 1. The highest BCUT2D eigenvalue weighted by molar-refractivity contribution is 14.1. The van der Waals surface area contributed by atoms with Gasteiger partial charge in [0.25, 0.3) is 5.56 Å². The third-order valence-corrected chi connectivity index (χ3v) is 3.93. The molecule has 0 saturated heterocycles. The molecule has 0 aliphatic heterocycles. The molecule has 0 aliphatic carbocycles. The molecule has 0 atom stereocenters. The second-order valence-electron chi connectivity index (χ2n) is 4.59. The number of rotatable bonds is 3. The second kappa shape index (κ2) is 6.18. The van der Waals surface area contributed by atoms with Crippen LogP contribution in [0.2, 0.25) is 0 Å². The predicted octanol–water partition coefficient (Wildman–Crippen LogP) is 2.22. The van der Waals surface area contributed by atoms with Crippen molar-refractivity contribution >= 4 is 28.4 Å². The molecule has 0 spiro atoms. The lowest BCUT2D eigenvalue weighted by atomic mass is 10.1. The van der Waals surface area contributed by atoms with Crippen molar-refractivity contribution in [2.45, 2.75) is 20.4 Å². The van der Waals surface area contributed by atoms with E-state index in [1.165, 1.54) is 0 Å². The molecule has 1 aromatic heterocycles. The van der Waals surface area contributed by atoms with E-state index in [1.54, 1.807) is 26.0 Å². The van der Waals surface area contributed by atoms with Gasteiger partial charge in [-0.15, -0.1) is 0 Å². The topological polar surface area (TPSA) is 75.8 Å². The van der Waals surface area contributed by atoms with Crippen LogP contribution < -0.4 is 5.56 Å². The van der Waals surface area contributed by atoms with Crippen LogP contribution in [0.3, 0.4) is 0 Å². The highest BCUT2D eigenvalue weighted by Crippen LogP contribution is 2.09. The van der Waals surface area contributed by atoms with Crippen LogP contribution in [0.25, 0.3) is 0 Å². The number of benzene rings is 1. The van der Waals surface area contributed by atoms with Gasteiger partial charge in [-0.3, -0.25) is 9.59 Å². The minimum atomic E-state index is -0.528. The number of aromatic nitrogens is 2. The molecule has 0 fully saturated rings. The van der Waals surface area contributed by atoms with Crippen molar-refractivity contribution < 1.29 is 4.79 Å². The van der Waals surface area contributed by atoms with Crippen molar-refractivity contribution in [2.75, 3.05) is 0 Å². The summed E-state index contributed by atoms with van der Waals surface area (Å²) >= 11 is 2.15. The van der Waals surface area contributed by atoms with Crippen molar-refractivity contribution in [2.24, 2.45) is 0 Å². The van der Waals surface area contributed by atoms with Crippen LogP contribution in [0, 0.1) is 28.7 Å². The number of aryl methyl sites for hydroxylation is 1. The van der Waals surface area contributed by atoms with E-state index in [0.29, 0.717) is 16.8 Å². The molecule has 0 amide bonds. The van der Waals surface area contributed by atoms with Gasteiger partial charge in [-0.1, -0.05) is 12.1 Å². The number of ketones is 1. The molecule has 1 heterocycles. The number of hydrogen-bond acceptors (Lipinski definition) is 4. The van der Waals surface area contributed by atoms with Crippen LogP contribution in [0.15, 0.2) is 29.1 Å². The number of carbonyl (C=O) groups excluding carboxylic acids is 1. The maximum Gasteiger partial charge on any atom is 0.285 e. The van der Waals surface area contributed by atoms with E-state index in [4.69, 9.17) is 5.26 Å². The Balaban J connectivity index is 2.39. The summed E-state index contributed by atoms with van der Waals surface area (Å²) in [6.45, 7) is 3.21. The standard InChI is InChI=1S/C15H12IN3O2/c1-9-10(2)18-19(15(21)13(9)7-17)8-14(20)11-3-5-12(16)6-4-11/h3-6H,8H2,1-2H3. The Kier molecular flexibility index (Phi) is 4.53. The Morgan fingerprint density at radius 3 is 2.52 bits per heavy atom. The average Bonchev–Trinajstić information content (AvgIpc) is 2.46. The fourth-order valence-corrected chi connectivity index (χ4v) is 2.23. The highest BCUT2D eigenvalue weighted by atomic mass is 127. The molecule has 21 heavy (non-hydrogen) atoms. The number of carbonyl (C=O) groups is 1. The maximum absolute atomic E-state index is 12.2. The summed E-state index contributed by atoms with van der Waals surface area (Å²) in [5.74, 6) is -0.215. The molecule has 5 nitrogen and oxygen atoms in total. The fraction of sp³-hybridized carbons (Fsp3) is 0.200. The van der Waals surface area contributed by atoms with Gasteiger partial charge < -0.3 is 0 Å². The summed E-state index contributed by atoms with van der Waals surface area (Å²) in [4.78, 5) is 24.3. The third-order valence-electron chi connectivity index (χ3n) is 3.21. The van der Waals surface area contributed by atoms with Gasteiger partial charge in [-0.05, 0) is 54.1 Å². The molecule has 6 heteroatoms. The van der Waals surface area contributed by atoms with E-state index in [9.17, 15) is 9.59 Å². The number of hydrogen-bond donors (Lipinski definition) is 0. The summed E-state index contributed by atoms with van der Waals surface area (Å²) in [6.07, 6.45) is 0. The van der Waals surface area contributed by atoms with Crippen molar-refractivity contribution in [3.63, 3.8) is 0 Å². The van der Waals surface area contributed by atoms with Gasteiger partial charge in [0.2, 0.25) is 0 Å². The molecule has 0 aliphatic rings. The summed E-state index contributed by atoms with van der Waals surface area (Å²) in [5, 5.41) is 13.1. The van der Waals surface area contributed by atoms with Crippen LogP contribution in [0.1, 0.15) is 27.2 Å². The lowest BCUT2D eigenvalue weighted by Gasteiger charge is -2.08. The normalized spacial score (nSPS) is 10.2. The first-order chi connectivity index (χ1) is 9.93.